The minimum absolute atomic E-state index is 0.195. The van der Waals surface area contributed by atoms with Crippen molar-refractivity contribution >= 4 is 5.97 Å². The van der Waals surface area contributed by atoms with E-state index in [4.69, 9.17) is 15.1 Å². The lowest BCUT2D eigenvalue weighted by Gasteiger charge is -2.09. The van der Waals surface area contributed by atoms with Gasteiger partial charge < -0.3 is 9.84 Å². The number of nitriles is 1. The Morgan fingerprint density at radius 3 is 2.50 bits per heavy atom. The summed E-state index contributed by atoms with van der Waals surface area (Å²) in [6.45, 7) is 0.195. The van der Waals surface area contributed by atoms with E-state index in [1.54, 1.807) is 36.4 Å². The molecule has 0 atom stereocenters. The van der Waals surface area contributed by atoms with Crippen LogP contribution in [0.4, 0.5) is 0 Å². The molecule has 4 nitrogen and oxygen atoms in total. The van der Waals surface area contributed by atoms with Crippen LogP contribution in [0.15, 0.2) is 48.5 Å². The summed E-state index contributed by atoms with van der Waals surface area (Å²) in [4.78, 5) is 11.1. The molecular formula is C16H13NO3. The second-order valence-corrected chi connectivity index (χ2v) is 4.23. The normalized spacial score (nSPS) is 9.75. The van der Waals surface area contributed by atoms with Crippen molar-refractivity contribution < 1.29 is 14.6 Å². The molecule has 0 aliphatic carbocycles. The first kappa shape index (κ1) is 13.6. The van der Waals surface area contributed by atoms with E-state index >= 15 is 0 Å². The maximum absolute atomic E-state index is 11.1. The summed E-state index contributed by atoms with van der Waals surface area (Å²) in [6, 6.07) is 16.0. The molecule has 2 aromatic carbocycles. The van der Waals surface area contributed by atoms with Crippen LogP contribution in [0.5, 0.6) is 5.75 Å². The average Bonchev–Trinajstić information content (AvgIpc) is 2.47. The quantitative estimate of drug-likeness (QED) is 0.903. The summed E-state index contributed by atoms with van der Waals surface area (Å²) in [7, 11) is 0. The fourth-order valence-electron chi connectivity index (χ4n) is 1.81. The number of carboxylic acid groups (broad SMARTS) is 1. The van der Waals surface area contributed by atoms with Crippen molar-refractivity contribution in [3.63, 3.8) is 0 Å². The van der Waals surface area contributed by atoms with E-state index in [0.717, 1.165) is 5.56 Å². The molecule has 2 rings (SSSR count). The van der Waals surface area contributed by atoms with Gasteiger partial charge in [-0.25, -0.2) is 4.79 Å². The smallest absolute Gasteiger partial charge is 0.336 e. The Hall–Kier alpha value is -2.80. The zero-order valence-corrected chi connectivity index (χ0v) is 10.7. The minimum Gasteiger partial charge on any atom is -0.489 e. The van der Waals surface area contributed by atoms with Crippen LogP contribution in [0.3, 0.4) is 0 Å². The van der Waals surface area contributed by atoms with Gasteiger partial charge in [-0.2, -0.15) is 5.26 Å². The van der Waals surface area contributed by atoms with Crippen LogP contribution in [0.25, 0.3) is 0 Å². The van der Waals surface area contributed by atoms with Crippen LogP contribution in [-0.4, -0.2) is 11.1 Å². The fraction of sp³-hybridized carbons (Fsp3) is 0.125. The molecule has 0 radical (unpaired) electrons. The first-order chi connectivity index (χ1) is 9.70. The number of benzene rings is 2. The highest BCUT2D eigenvalue weighted by atomic mass is 16.5. The van der Waals surface area contributed by atoms with Gasteiger partial charge in [0.15, 0.2) is 0 Å². The Balaban J connectivity index is 2.05. The SMILES string of the molecule is N#CCc1ccc(OCc2ccccc2C(=O)O)cc1. The molecule has 0 bridgehead atoms. The molecule has 0 saturated heterocycles. The van der Waals surface area contributed by atoms with Crippen LogP contribution in [0.1, 0.15) is 21.5 Å². The third-order valence-corrected chi connectivity index (χ3v) is 2.85. The Kier molecular flexibility index (Phi) is 4.35. The Bertz CT molecular complexity index is 642. The highest BCUT2D eigenvalue weighted by Crippen LogP contribution is 2.16. The molecule has 0 fully saturated rings. The van der Waals surface area contributed by atoms with Crippen LogP contribution >= 0.6 is 0 Å². The number of nitrogens with zero attached hydrogens (tertiary/aromatic N) is 1. The summed E-state index contributed by atoms with van der Waals surface area (Å²) in [6.07, 6.45) is 0.363. The van der Waals surface area contributed by atoms with E-state index in [1.807, 2.05) is 12.1 Å². The van der Waals surface area contributed by atoms with Crippen molar-refractivity contribution in [3.8, 4) is 11.8 Å². The van der Waals surface area contributed by atoms with E-state index < -0.39 is 5.97 Å². The number of rotatable bonds is 5. The van der Waals surface area contributed by atoms with Gasteiger partial charge >= 0.3 is 5.97 Å². The van der Waals surface area contributed by atoms with Crippen LogP contribution in [-0.2, 0) is 13.0 Å². The molecule has 0 heterocycles. The van der Waals surface area contributed by atoms with E-state index in [9.17, 15) is 4.79 Å². The zero-order valence-electron chi connectivity index (χ0n) is 10.7. The molecule has 0 saturated carbocycles. The van der Waals surface area contributed by atoms with Crippen LogP contribution < -0.4 is 4.74 Å². The maximum Gasteiger partial charge on any atom is 0.336 e. The fourth-order valence-corrected chi connectivity index (χ4v) is 1.81. The van der Waals surface area contributed by atoms with Crippen molar-refractivity contribution in [3.05, 3.63) is 65.2 Å². The first-order valence-electron chi connectivity index (χ1n) is 6.10. The molecule has 0 aliphatic rings. The molecule has 0 unspecified atom stereocenters. The van der Waals surface area contributed by atoms with Crippen molar-refractivity contribution in [1.82, 2.24) is 0 Å². The van der Waals surface area contributed by atoms with E-state index in [0.29, 0.717) is 17.7 Å². The molecule has 100 valence electrons. The second-order valence-electron chi connectivity index (χ2n) is 4.23. The van der Waals surface area contributed by atoms with Crippen LogP contribution in [0.2, 0.25) is 0 Å². The highest BCUT2D eigenvalue weighted by molar-refractivity contribution is 5.89. The van der Waals surface area contributed by atoms with Crippen molar-refractivity contribution in [2.75, 3.05) is 0 Å². The number of hydrogen-bond donors (Lipinski definition) is 1. The van der Waals surface area contributed by atoms with Crippen molar-refractivity contribution in [2.24, 2.45) is 0 Å². The van der Waals surface area contributed by atoms with Gasteiger partial charge in [0.05, 0.1) is 18.1 Å². The van der Waals surface area contributed by atoms with Gasteiger partial charge in [0.25, 0.3) is 0 Å². The molecule has 0 spiro atoms. The largest absolute Gasteiger partial charge is 0.489 e. The van der Waals surface area contributed by atoms with Gasteiger partial charge in [0.1, 0.15) is 12.4 Å². The monoisotopic (exact) mass is 267 g/mol. The summed E-state index contributed by atoms with van der Waals surface area (Å²) in [5.74, 6) is -0.319. The topological polar surface area (TPSA) is 70.3 Å². The lowest BCUT2D eigenvalue weighted by Crippen LogP contribution is -2.05. The van der Waals surface area contributed by atoms with Gasteiger partial charge in [-0.1, -0.05) is 30.3 Å². The second kappa shape index (κ2) is 6.39. The molecule has 0 amide bonds. The van der Waals surface area contributed by atoms with Gasteiger partial charge in [0, 0.05) is 5.56 Å². The Labute approximate surface area is 116 Å². The number of carbonyl (C=O) groups is 1. The summed E-state index contributed by atoms with van der Waals surface area (Å²) < 4.78 is 5.57. The average molecular weight is 267 g/mol. The van der Waals surface area contributed by atoms with E-state index in [1.165, 1.54) is 0 Å². The van der Waals surface area contributed by atoms with E-state index in [-0.39, 0.29) is 12.2 Å². The standard InChI is InChI=1S/C16H13NO3/c17-10-9-12-5-7-14(8-6-12)20-11-13-3-1-2-4-15(13)16(18)19/h1-8H,9,11H2,(H,18,19). The number of ether oxygens (including phenoxy) is 1. The lowest BCUT2D eigenvalue weighted by molar-refractivity contribution is 0.0694. The number of aromatic carboxylic acids is 1. The molecular weight excluding hydrogens is 254 g/mol. The summed E-state index contributed by atoms with van der Waals surface area (Å²) in [5.41, 5.74) is 1.79. The predicted octanol–water partition coefficient (Wildman–Crippen LogP) is 3.03. The van der Waals surface area contributed by atoms with Gasteiger partial charge in [-0.05, 0) is 23.8 Å². The molecule has 1 N–H and O–H groups in total. The highest BCUT2D eigenvalue weighted by Gasteiger charge is 2.09. The minimum atomic E-state index is -0.964. The van der Waals surface area contributed by atoms with E-state index in [2.05, 4.69) is 6.07 Å². The lowest BCUT2D eigenvalue weighted by atomic mass is 10.1. The maximum atomic E-state index is 11.1. The molecule has 4 heteroatoms. The number of carboxylic acids is 1. The van der Waals surface area contributed by atoms with Gasteiger partial charge in [-0.15, -0.1) is 0 Å². The van der Waals surface area contributed by atoms with Crippen molar-refractivity contribution in [2.45, 2.75) is 13.0 Å². The third kappa shape index (κ3) is 3.36. The third-order valence-electron chi connectivity index (χ3n) is 2.85. The van der Waals surface area contributed by atoms with Gasteiger partial charge in [-0.3, -0.25) is 0 Å². The molecule has 0 aromatic heterocycles. The van der Waals surface area contributed by atoms with Crippen molar-refractivity contribution in [1.29, 1.82) is 5.26 Å². The molecule has 2 aromatic rings. The molecule has 0 aliphatic heterocycles. The Morgan fingerprint density at radius 2 is 1.85 bits per heavy atom. The van der Waals surface area contributed by atoms with Gasteiger partial charge in [0.2, 0.25) is 0 Å². The van der Waals surface area contributed by atoms with Crippen LogP contribution in [0, 0.1) is 11.3 Å². The summed E-state index contributed by atoms with van der Waals surface area (Å²) in [5, 5.41) is 17.7. The molecule has 20 heavy (non-hydrogen) atoms. The Morgan fingerprint density at radius 1 is 1.15 bits per heavy atom. The number of hydrogen-bond acceptors (Lipinski definition) is 3. The predicted molar refractivity (Wildman–Crippen MR) is 73.5 cm³/mol. The zero-order chi connectivity index (χ0) is 14.4. The summed E-state index contributed by atoms with van der Waals surface area (Å²) >= 11 is 0. The first-order valence-corrected chi connectivity index (χ1v) is 6.10.